The van der Waals surface area contributed by atoms with E-state index >= 15 is 0 Å². The second-order valence-corrected chi connectivity index (χ2v) is 5.40. The van der Waals surface area contributed by atoms with Gasteiger partial charge in [-0.25, -0.2) is 0 Å². The molecule has 0 aliphatic heterocycles. The van der Waals surface area contributed by atoms with Crippen molar-refractivity contribution in [1.29, 1.82) is 0 Å². The summed E-state index contributed by atoms with van der Waals surface area (Å²) in [7, 11) is 0. The van der Waals surface area contributed by atoms with E-state index in [2.05, 4.69) is 15.6 Å². The summed E-state index contributed by atoms with van der Waals surface area (Å²) < 4.78 is 0. The third-order valence-corrected chi connectivity index (χ3v) is 3.60. The molecule has 0 aliphatic rings. The number of rotatable bonds is 6. The van der Waals surface area contributed by atoms with Crippen LogP contribution < -0.4 is 10.6 Å². The summed E-state index contributed by atoms with van der Waals surface area (Å²) in [4.78, 5) is 27.8. The summed E-state index contributed by atoms with van der Waals surface area (Å²) in [5, 5.41) is 5.76. The van der Waals surface area contributed by atoms with Crippen LogP contribution in [0.15, 0.2) is 48.8 Å². The number of carbonyl (C=O) groups is 2. The zero-order chi connectivity index (χ0) is 16.7. The van der Waals surface area contributed by atoms with Gasteiger partial charge in [-0.2, -0.15) is 0 Å². The van der Waals surface area contributed by atoms with Crippen molar-refractivity contribution in [2.24, 2.45) is 0 Å². The first-order chi connectivity index (χ1) is 11.1. The number of hydrogen-bond donors (Lipinski definition) is 2. The van der Waals surface area contributed by atoms with E-state index in [1.165, 1.54) is 0 Å². The van der Waals surface area contributed by atoms with Crippen molar-refractivity contribution in [3.8, 4) is 0 Å². The molecule has 5 nitrogen and oxygen atoms in total. The molecule has 2 N–H and O–H groups in total. The third kappa shape index (κ3) is 4.92. The zero-order valence-electron chi connectivity index (χ0n) is 13.4. The molecule has 2 aromatic rings. The number of nitrogens with zero attached hydrogens (tertiary/aromatic N) is 1. The molecule has 0 saturated carbocycles. The van der Waals surface area contributed by atoms with Crippen molar-refractivity contribution >= 4 is 11.8 Å². The van der Waals surface area contributed by atoms with E-state index in [1.54, 1.807) is 36.7 Å². The molecule has 0 aliphatic carbocycles. The van der Waals surface area contributed by atoms with Crippen LogP contribution in [0.4, 0.5) is 0 Å². The topological polar surface area (TPSA) is 71.1 Å². The van der Waals surface area contributed by atoms with Crippen LogP contribution in [0.3, 0.4) is 0 Å². The zero-order valence-corrected chi connectivity index (χ0v) is 13.4. The molecule has 1 unspecified atom stereocenters. The number of aromatic nitrogens is 1. The summed E-state index contributed by atoms with van der Waals surface area (Å²) in [6, 6.07) is 10.7. The fourth-order valence-electron chi connectivity index (χ4n) is 1.97. The highest BCUT2D eigenvalue weighted by atomic mass is 16.2. The number of benzene rings is 1. The van der Waals surface area contributed by atoms with Crippen molar-refractivity contribution in [1.82, 2.24) is 15.6 Å². The maximum Gasteiger partial charge on any atom is 0.251 e. The molecule has 1 aromatic heterocycles. The average Bonchev–Trinajstić information content (AvgIpc) is 2.60. The van der Waals surface area contributed by atoms with Gasteiger partial charge in [0.05, 0.1) is 0 Å². The van der Waals surface area contributed by atoms with Gasteiger partial charge in [0, 0.05) is 36.1 Å². The first-order valence-corrected chi connectivity index (χ1v) is 7.68. The second-order valence-electron chi connectivity index (χ2n) is 5.40. The van der Waals surface area contributed by atoms with Gasteiger partial charge in [-0.05, 0) is 43.2 Å². The summed E-state index contributed by atoms with van der Waals surface area (Å²) >= 11 is 0. The number of nitrogens with one attached hydrogen (secondary N) is 2. The Balaban J connectivity index is 1.90. The molecule has 0 bridgehead atoms. The Morgan fingerprint density at radius 2 is 1.61 bits per heavy atom. The monoisotopic (exact) mass is 311 g/mol. The first kappa shape index (κ1) is 16.7. The van der Waals surface area contributed by atoms with Gasteiger partial charge in [-0.1, -0.05) is 19.1 Å². The van der Waals surface area contributed by atoms with E-state index in [9.17, 15) is 9.59 Å². The number of hydrogen-bond acceptors (Lipinski definition) is 3. The standard InChI is InChI=1S/C18H21N3O2/c1-3-13(2)21-18(23)15-6-4-14(5-7-15)12-20-17(22)16-8-10-19-11-9-16/h4-11,13H,3,12H2,1-2H3,(H,20,22)(H,21,23). The lowest BCUT2D eigenvalue weighted by atomic mass is 10.1. The average molecular weight is 311 g/mol. The Bertz CT molecular complexity index is 654. The molecule has 120 valence electrons. The predicted molar refractivity (Wildman–Crippen MR) is 89.1 cm³/mol. The molecule has 0 radical (unpaired) electrons. The fourth-order valence-corrected chi connectivity index (χ4v) is 1.97. The summed E-state index contributed by atoms with van der Waals surface area (Å²) in [5.41, 5.74) is 2.13. The normalized spacial score (nSPS) is 11.6. The van der Waals surface area contributed by atoms with Crippen LogP contribution >= 0.6 is 0 Å². The minimum Gasteiger partial charge on any atom is -0.350 e. The van der Waals surface area contributed by atoms with Crippen molar-refractivity contribution in [2.45, 2.75) is 32.9 Å². The van der Waals surface area contributed by atoms with Crippen LogP contribution in [0.2, 0.25) is 0 Å². The number of amides is 2. The fraction of sp³-hybridized carbons (Fsp3) is 0.278. The lowest BCUT2D eigenvalue weighted by Crippen LogP contribution is -2.31. The molecule has 2 amide bonds. The molecule has 1 aromatic carbocycles. The molecule has 5 heteroatoms. The third-order valence-electron chi connectivity index (χ3n) is 3.60. The molecule has 1 heterocycles. The van der Waals surface area contributed by atoms with E-state index in [4.69, 9.17) is 0 Å². The van der Waals surface area contributed by atoms with Crippen LogP contribution in [0, 0.1) is 0 Å². The Morgan fingerprint density at radius 1 is 1.00 bits per heavy atom. The van der Waals surface area contributed by atoms with Crippen molar-refractivity contribution in [2.75, 3.05) is 0 Å². The maximum absolute atomic E-state index is 12.0. The van der Waals surface area contributed by atoms with Gasteiger partial charge in [-0.3, -0.25) is 14.6 Å². The van der Waals surface area contributed by atoms with E-state index in [-0.39, 0.29) is 17.9 Å². The van der Waals surface area contributed by atoms with E-state index in [1.807, 2.05) is 26.0 Å². The van der Waals surface area contributed by atoms with Crippen molar-refractivity contribution in [3.63, 3.8) is 0 Å². The second kappa shape index (κ2) is 8.08. The maximum atomic E-state index is 12.0. The van der Waals surface area contributed by atoms with Gasteiger partial charge in [0.1, 0.15) is 0 Å². The number of pyridine rings is 1. The summed E-state index contributed by atoms with van der Waals surface area (Å²) in [6.07, 6.45) is 4.06. The van der Waals surface area contributed by atoms with E-state index < -0.39 is 0 Å². The van der Waals surface area contributed by atoms with Crippen molar-refractivity contribution in [3.05, 3.63) is 65.5 Å². The van der Waals surface area contributed by atoms with E-state index in [0.29, 0.717) is 17.7 Å². The minimum absolute atomic E-state index is 0.0771. The Kier molecular flexibility index (Phi) is 5.86. The molecular formula is C18H21N3O2. The lowest BCUT2D eigenvalue weighted by molar-refractivity contribution is 0.0934. The quantitative estimate of drug-likeness (QED) is 0.861. The van der Waals surface area contributed by atoms with Crippen LogP contribution in [0.5, 0.6) is 0 Å². The largest absolute Gasteiger partial charge is 0.350 e. The molecule has 0 saturated heterocycles. The predicted octanol–water partition coefficient (Wildman–Crippen LogP) is 2.54. The Hall–Kier alpha value is -2.69. The highest BCUT2D eigenvalue weighted by Gasteiger charge is 2.09. The van der Waals surface area contributed by atoms with Gasteiger partial charge in [0.2, 0.25) is 0 Å². The van der Waals surface area contributed by atoms with Crippen LogP contribution in [0.25, 0.3) is 0 Å². The number of carbonyl (C=O) groups excluding carboxylic acids is 2. The van der Waals surface area contributed by atoms with Crippen LogP contribution in [-0.2, 0) is 6.54 Å². The molecule has 1 atom stereocenters. The molecular weight excluding hydrogens is 290 g/mol. The van der Waals surface area contributed by atoms with Gasteiger partial charge < -0.3 is 10.6 Å². The smallest absolute Gasteiger partial charge is 0.251 e. The van der Waals surface area contributed by atoms with Gasteiger partial charge in [0.25, 0.3) is 11.8 Å². The minimum atomic E-state index is -0.147. The molecule has 0 fully saturated rings. The van der Waals surface area contributed by atoms with Gasteiger partial charge >= 0.3 is 0 Å². The molecule has 2 rings (SSSR count). The van der Waals surface area contributed by atoms with E-state index in [0.717, 1.165) is 12.0 Å². The summed E-state index contributed by atoms with van der Waals surface area (Å²) in [5.74, 6) is -0.224. The SMILES string of the molecule is CCC(C)NC(=O)c1ccc(CNC(=O)c2ccncc2)cc1. The van der Waals surface area contributed by atoms with Crippen molar-refractivity contribution < 1.29 is 9.59 Å². The van der Waals surface area contributed by atoms with Crippen LogP contribution in [-0.4, -0.2) is 22.8 Å². The highest BCUT2D eigenvalue weighted by Crippen LogP contribution is 2.06. The molecule has 23 heavy (non-hydrogen) atoms. The highest BCUT2D eigenvalue weighted by molar-refractivity contribution is 5.95. The molecule has 0 spiro atoms. The lowest BCUT2D eigenvalue weighted by Gasteiger charge is -2.11. The van der Waals surface area contributed by atoms with Gasteiger partial charge in [-0.15, -0.1) is 0 Å². The van der Waals surface area contributed by atoms with Gasteiger partial charge in [0.15, 0.2) is 0 Å². The Morgan fingerprint density at radius 3 is 2.22 bits per heavy atom. The summed E-state index contributed by atoms with van der Waals surface area (Å²) in [6.45, 7) is 4.41. The Labute approximate surface area is 136 Å². The first-order valence-electron chi connectivity index (χ1n) is 7.68. The van der Waals surface area contributed by atoms with Crippen LogP contribution in [0.1, 0.15) is 46.5 Å².